The molecular formula is C10H10F2O3. The van der Waals surface area contributed by atoms with Gasteiger partial charge in [0.2, 0.25) is 0 Å². The second-order valence-electron chi connectivity index (χ2n) is 2.88. The predicted octanol–water partition coefficient (Wildman–Crippen LogP) is 1.60. The Morgan fingerprint density at radius 2 is 2.00 bits per heavy atom. The largest absolute Gasteiger partial charge is 0.342 e. The Kier molecular flexibility index (Phi) is 4.33. The Hall–Kier alpha value is -1.33. The fourth-order valence-corrected chi connectivity index (χ4v) is 1.08. The van der Waals surface area contributed by atoms with Gasteiger partial charge >= 0.3 is 12.6 Å². The van der Waals surface area contributed by atoms with Gasteiger partial charge in [0, 0.05) is 0 Å². The normalized spacial score (nSPS) is 12.5. The molecule has 1 N–H and O–H groups in total. The van der Waals surface area contributed by atoms with E-state index in [-0.39, 0.29) is 12.2 Å². The molecule has 82 valence electrons. The van der Waals surface area contributed by atoms with Crippen LogP contribution in [0.3, 0.4) is 0 Å². The maximum Gasteiger partial charge on any atom is 0.332 e. The van der Waals surface area contributed by atoms with Crippen molar-refractivity contribution in [2.45, 2.75) is 13.0 Å². The summed E-state index contributed by atoms with van der Waals surface area (Å²) in [5.41, 5.74) is 0.742. The smallest absolute Gasteiger partial charge is 0.332 e. The van der Waals surface area contributed by atoms with E-state index in [2.05, 4.69) is 4.74 Å². The van der Waals surface area contributed by atoms with Crippen molar-refractivity contribution in [3.63, 3.8) is 0 Å². The average molecular weight is 216 g/mol. The zero-order valence-corrected chi connectivity index (χ0v) is 7.82. The molecule has 1 aromatic rings. The fourth-order valence-electron chi connectivity index (χ4n) is 1.08. The van der Waals surface area contributed by atoms with Gasteiger partial charge in [0.05, 0.1) is 12.2 Å². The number of hydrogen-bond acceptors (Lipinski definition) is 3. The highest BCUT2D eigenvalue weighted by Crippen LogP contribution is 2.07. The molecule has 3 nitrogen and oxygen atoms in total. The van der Waals surface area contributed by atoms with Crippen molar-refractivity contribution in [3.8, 4) is 0 Å². The minimum Gasteiger partial charge on any atom is -0.342 e. The number of aliphatic hydroxyl groups is 1. The highest BCUT2D eigenvalue weighted by molar-refractivity contribution is 5.88. The van der Waals surface area contributed by atoms with Crippen molar-refractivity contribution in [2.24, 2.45) is 0 Å². The Balaban J connectivity index is 2.46. The van der Waals surface area contributed by atoms with Gasteiger partial charge in [-0.05, 0) is 24.1 Å². The lowest BCUT2D eigenvalue weighted by Crippen LogP contribution is -2.07. The quantitative estimate of drug-likeness (QED) is 0.600. The number of benzene rings is 1. The number of carbonyl (C=O) groups is 1. The van der Waals surface area contributed by atoms with E-state index in [0.717, 1.165) is 5.56 Å². The zero-order valence-electron chi connectivity index (χ0n) is 7.82. The van der Waals surface area contributed by atoms with Gasteiger partial charge in [-0.15, -0.1) is 0 Å². The van der Waals surface area contributed by atoms with Crippen LogP contribution in [0.25, 0.3) is 0 Å². The van der Waals surface area contributed by atoms with Crippen LogP contribution < -0.4 is 0 Å². The second kappa shape index (κ2) is 5.53. The predicted molar refractivity (Wildman–Crippen MR) is 48.7 cm³/mol. The van der Waals surface area contributed by atoms with Crippen molar-refractivity contribution in [2.75, 3.05) is 6.61 Å². The van der Waals surface area contributed by atoms with Gasteiger partial charge < -0.3 is 9.84 Å². The molecule has 0 aliphatic heterocycles. The number of rotatable bonds is 5. The van der Waals surface area contributed by atoms with Gasteiger partial charge in [-0.25, -0.2) is 0 Å². The highest BCUT2D eigenvalue weighted by Gasteiger charge is 2.03. The van der Waals surface area contributed by atoms with Crippen LogP contribution in [0.4, 0.5) is 8.78 Å². The molecule has 0 saturated heterocycles. The Morgan fingerprint density at radius 1 is 1.40 bits per heavy atom. The average Bonchev–Trinajstić information content (AvgIpc) is 2.18. The summed E-state index contributed by atoms with van der Waals surface area (Å²) in [5, 5.41) is 8.16. The molecule has 0 aromatic heterocycles. The van der Waals surface area contributed by atoms with Gasteiger partial charge in [-0.2, -0.15) is 8.78 Å². The van der Waals surface area contributed by atoms with Crippen molar-refractivity contribution >= 4 is 6.04 Å². The van der Waals surface area contributed by atoms with Crippen molar-refractivity contribution < 1.29 is 23.4 Å². The first kappa shape index (κ1) is 11.7. The fraction of sp³-hybridized carbons (Fsp3) is 0.300. The van der Waals surface area contributed by atoms with Crippen LogP contribution in [0.15, 0.2) is 24.3 Å². The molecule has 15 heavy (non-hydrogen) atoms. The monoisotopic (exact) mass is 216 g/mol. The van der Waals surface area contributed by atoms with E-state index in [9.17, 15) is 13.6 Å². The minimum absolute atomic E-state index is 0.0145. The Labute approximate surface area is 85.3 Å². The second-order valence-corrected chi connectivity index (χ2v) is 2.88. The third-order valence-electron chi connectivity index (χ3n) is 1.83. The van der Waals surface area contributed by atoms with E-state index >= 15 is 0 Å². The lowest BCUT2D eigenvalue weighted by atomic mass is 10.1. The van der Waals surface area contributed by atoms with Crippen molar-refractivity contribution in [3.05, 3.63) is 35.4 Å². The Morgan fingerprint density at radius 3 is 2.47 bits per heavy atom. The molecule has 0 bridgehead atoms. The van der Waals surface area contributed by atoms with Gasteiger partial charge in [0.25, 0.3) is 0 Å². The summed E-state index contributed by atoms with van der Waals surface area (Å²) in [6.45, 7) is -2.27. The number of ether oxygens (including phenoxy) is 1. The van der Waals surface area contributed by atoms with E-state index in [1.807, 2.05) is 0 Å². The lowest BCUT2D eigenvalue weighted by Gasteiger charge is -2.04. The van der Waals surface area contributed by atoms with Crippen molar-refractivity contribution in [1.82, 2.24) is 0 Å². The SMILES string of the molecule is O=C(F)c1ccc(CCOC(O)F)cc1. The third kappa shape index (κ3) is 4.14. The summed E-state index contributed by atoms with van der Waals surface area (Å²) in [7, 11) is 0. The van der Waals surface area contributed by atoms with Crippen LogP contribution in [-0.4, -0.2) is 24.3 Å². The van der Waals surface area contributed by atoms with Crippen LogP contribution in [0.2, 0.25) is 0 Å². The summed E-state index contributed by atoms with van der Waals surface area (Å²) in [5.74, 6) is 0. The number of hydrogen-bond donors (Lipinski definition) is 1. The zero-order chi connectivity index (χ0) is 11.3. The summed E-state index contributed by atoms with van der Waals surface area (Å²) < 4.78 is 28.3. The van der Waals surface area contributed by atoms with Crippen LogP contribution in [0, 0.1) is 0 Å². The maximum atomic E-state index is 12.2. The lowest BCUT2D eigenvalue weighted by molar-refractivity contribution is -0.182. The van der Waals surface area contributed by atoms with Crippen LogP contribution in [0.5, 0.6) is 0 Å². The minimum atomic E-state index is -2.28. The molecule has 0 radical (unpaired) electrons. The molecule has 0 aliphatic rings. The third-order valence-corrected chi connectivity index (χ3v) is 1.83. The first-order chi connectivity index (χ1) is 7.09. The number of alkyl halides is 1. The molecule has 0 saturated carbocycles. The first-order valence-corrected chi connectivity index (χ1v) is 4.32. The molecule has 1 unspecified atom stereocenters. The molecule has 1 aromatic carbocycles. The standard InChI is InChI=1S/C10H10F2O3/c11-9(13)8-3-1-7(2-4-8)5-6-15-10(12)14/h1-4,10,14H,5-6H2. The van der Waals surface area contributed by atoms with Gasteiger partial charge in [0.1, 0.15) is 0 Å². The maximum absolute atomic E-state index is 12.2. The first-order valence-electron chi connectivity index (χ1n) is 4.32. The van der Waals surface area contributed by atoms with Gasteiger partial charge in [0.15, 0.2) is 0 Å². The highest BCUT2D eigenvalue weighted by atomic mass is 19.2. The number of aliphatic hydroxyl groups excluding tert-OH is 1. The molecule has 5 heteroatoms. The molecule has 1 rings (SSSR count). The number of halogens is 2. The van der Waals surface area contributed by atoms with Crippen LogP contribution in [-0.2, 0) is 11.2 Å². The number of carbonyl (C=O) groups excluding carboxylic acids is 1. The molecular weight excluding hydrogens is 206 g/mol. The van der Waals surface area contributed by atoms with Gasteiger partial charge in [-0.1, -0.05) is 12.1 Å². The van der Waals surface area contributed by atoms with E-state index in [4.69, 9.17) is 5.11 Å². The van der Waals surface area contributed by atoms with Crippen molar-refractivity contribution in [1.29, 1.82) is 0 Å². The van der Waals surface area contributed by atoms with E-state index < -0.39 is 12.6 Å². The topological polar surface area (TPSA) is 46.5 Å². The summed E-state index contributed by atoms with van der Waals surface area (Å²) in [4.78, 5) is 10.3. The summed E-state index contributed by atoms with van der Waals surface area (Å²) in [6.07, 6.45) is 0.377. The van der Waals surface area contributed by atoms with Crippen LogP contribution in [0.1, 0.15) is 15.9 Å². The van der Waals surface area contributed by atoms with Crippen LogP contribution >= 0.6 is 0 Å². The van der Waals surface area contributed by atoms with E-state index in [1.165, 1.54) is 12.1 Å². The van der Waals surface area contributed by atoms with E-state index in [0.29, 0.717) is 6.42 Å². The summed E-state index contributed by atoms with van der Waals surface area (Å²) >= 11 is 0. The van der Waals surface area contributed by atoms with Gasteiger partial charge in [-0.3, -0.25) is 4.79 Å². The Bertz CT molecular complexity index is 322. The molecule has 0 aliphatic carbocycles. The molecule has 0 heterocycles. The molecule has 1 atom stereocenters. The van der Waals surface area contributed by atoms with E-state index in [1.54, 1.807) is 12.1 Å². The molecule has 0 fully saturated rings. The summed E-state index contributed by atoms with van der Waals surface area (Å²) in [6, 6.07) is 4.27. The molecule has 0 amide bonds. The molecule has 0 spiro atoms.